The van der Waals surface area contributed by atoms with Gasteiger partial charge in [0.15, 0.2) is 11.5 Å². The van der Waals surface area contributed by atoms with Gasteiger partial charge in [0, 0.05) is 17.1 Å². The Balaban J connectivity index is 1.62. The van der Waals surface area contributed by atoms with E-state index < -0.39 is 5.97 Å². The molecule has 1 aromatic heterocycles. The van der Waals surface area contributed by atoms with Crippen molar-refractivity contribution in [2.24, 2.45) is 0 Å². The number of fused-ring (bicyclic) bond motifs is 1. The Labute approximate surface area is 201 Å². The van der Waals surface area contributed by atoms with Gasteiger partial charge in [-0.15, -0.1) is 11.3 Å². The zero-order valence-electron chi connectivity index (χ0n) is 16.1. The Morgan fingerprint density at radius 1 is 1.19 bits per heavy atom. The molecule has 4 rings (SSSR count). The summed E-state index contributed by atoms with van der Waals surface area (Å²) >= 11 is 20.2. The largest absolute Gasteiger partial charge is 0.493 e. The summed E-state index contributed by atoms with van der Waals surface area (Å²) in [5, 5.41) is 1.35. The summed E-state index contributed by atoms with van der Waals surface area (Å²) < 4.78 is 12.2. The monoisotopic (exact) mass is 509 g/mol. The first-order valence-corrected chi connectivity index (χ1v) is 11.6. The third-order valence-corrected chi connectivity index (χ3v) is 7.89. The molecular formula is C21H13Cl2NO4S3. The summed E-state index contributed by atoms with van der Waals surface area (Å²) in [5.74, 6) is -0.209. The van der Waals surface area contributed by atoms with Gasteiger partial charge >= 0.3 is 5.97 Å². The number of ether oxygens (including phenoxy) is 2. The van der Waals surface area contributed by atoms with Crippen molar-refractivity contribution >= 4 is 90.9 Å². The van der Waals surface area contributed by atoms with Crippen molar-refractivity contribution in [2.75, 3.05) is 14.2 Å². The highest BCUT2D eigenvalue weighted by atomic mass is 35.5. The maximum Gasteiger partial charge on any atom is 0.355 e. The van der Waals surface area contributed by atoms with Gasteiger partial charge in [-0.05, 0) is 35.9 Å². The fourth-order valence-electron chi connectivity index (χ4n) is 2.90. The van der Waals surface area contributed by atoms with Crippen LogP contribution < -0.4 is 9.47 Å². The normalized spacial score (nSPS) is 15.2. The molecule has 0 bridgehead atoms. The molecule has 2 heterocycles. The van der Waals surface area contributed by atoms with Crippen molar-refractivity contribution in [1.29, 1.82) is 0 Å². The average molecular weight is 510 g/mol. The van der Waals surface area contributed by atoms with Crippen molar-refractivity contribution in [3.63, 3.8) is 0 Å². The molecule has 0 atom stereocenters. The van der Waals surface area contributed by atoms with Crippen LogP contribution in [0.4, 0.5) is 0 Å². The van der Waals surface area contributed by atoms with E-state index in [1.54, 1.807) is 43.5 Å². The van der Waals surface area contributed by atoms with E-state index >= 15 is 0 Å². The number of hydrogen-bond donors (Lipinski definition) is 0. The molecule has 0 aliphatic carbocycles. The Morgan fingerprint density at radius 3 is 2.61 bits per heavy atom. The molecule has 5 nitrogen and oxygen atoms in total. The zero-order valence-corrected chi connectivity index (χ0v) is 20.1. The summed E-state index contributed by atoms with van der Waals surface area (Å²) in [4.78, 5) is 27.2. The molecule has 3 aromatic rings. The van der Waals surface area contributed by atoms with Crippen LogP contribution >= 0.6 is 58.5 Å². The van der Waals surface area contributed by atoms with Gasteiger partial charge in [0.05, 0.1) is 22.1 Å². The fourth-order valence-corrected chi connectivity index (χ4v) is 5.91. The maximum atomic E-state index is 12.8. The van der Waals surface area contributed by atoms with Crippen LogP contribution in [0.5, 0.6) is 11.5 Å². The van der Waals surface area contributed by atoms with E-state index in [0.29, 0.717) is 30.9 Å². The van der Waals surface area contributed by atoms with Crippen LogP contribution in [0.25, 0.3) is 16.2 Å². The molecule has 2 aromatic carbocycles. The summed E-state index contributed by atoms with van der Waals surface area (Å²) in [6.07, 6.45) is 1.71. The molecule has 158 valence electrons. The van der Waals surface area contributed by atoms with Gasteiger partial charge in [0.1, 0.15) is 9.20 Å². The number of thioether (sulfide) groups is 1. The standard InChI is InChI=1S/C21H13Cl2NO4S3/c1-24-19(25)15(31-21(24)29)9-10-6-7-12(13(8-10)27-2)28-20(26)18-17(23)16-11(22)4-3-5-14(16)30-18/h3-9H,1-2H3/b15-9-. The number of benzene rings is 2. The van der Waals surface area contributed by atoms with Crippen molar-refractivity contribution in [2.45, 2.75) is 0 Å². The number of halogens is 2. The minimum absolute atomic E-state index is 0.164. The number of nitrogens with zero attached hydrogens (tertiary/aromatic N) is 1. The predicted octanol–water partition coefficient (Wildman–Crippen LogP) is 6.27. The van der Waals surface area contributed by atoms with Gasteiger partial charge in [0.25, 0.3) is 5.91 Å². The number of carbonyl (C=O) groups is 2. The highest BCUT2D eigenvalue weighted by Gasteiger charge is 2.29. The number of carbonyl (C=O) groups excluding carboxylic acids is 2. The number of hydrogen-bond acceptors (Lipinski definition) is 7. The molecule has 31 heavy (non-hydrogen) atoms. The molecule has 1 saturated heterocycles. The lowest BCUT2D eigenvalue weighted by atomic mass is 10.2. The Kier molecular flexibility index (Phi) is 6.27. The molecule has 0 unspecified atom stereocenters. The molecular weight excluding hydrogens is 497 g/mol. The van der Waals surface area contributed by atoms with Crippen LogP contribution in [0.15, 0.2) is 41.3 Å². The molecule has 0 radical (unpaired) electrons. The number of thiophene rings is 1. The molecule has 1 aliphatic heterocycles. The smallest absolute Gasteiger partial charge is 0.355 e. The predicted molar refractivity (Wildman–Crippen MR) is 131 cm³/mol. The summed E-state index contributed by atoms with van der Waals surface area (Å²) in [6, 6.07) is 10.3. The van der Waals surface area contributed by atoms with E-state index in [1.807, 2.05) is 6.07 Å². The Bertz CT molecular complexity index is 1290. The van der Waals surface area contributed by atoms with Gasteiger partial charge in [-0.3, -0.25) is 9.69 Å². The molecule has 1 amide bonds. The average Bonchev–Trinajstić information content (AvgIpc) is 3.21. The fraction of sp³-hybridized carbons (Fsp3) is 0.0952. The van der Waals surface area contributed by atoms with Crippen molar-refractivity contribution in [3.05, 3.63) is 61.8 Å². The number of thiocarbonyl (C=S) groups is 1. The molecule has 10 heteroatoms. The van der Waals surface area contributed by atoms with Gasteiger partial charge in [-0.2, -0.15) is 0 Å². The van der Waals surface area contributed by atoms with Crippen LogP contribution in [0.2, 0.25) is 10.0 Å². The van der Waals surface area contributed by atoms with E-state index in [2.05, 4.69) is 0 Å². The molecule has 0 spiro atoms. The van der Waals surface area contributed by atoms with Crippen LogP contribution in [0, 0.1) is 0 Å². The van der Waals surface area contributed by atoms with Crippen LogP contribution in [-0.4, -0.2) is 35.3 Å². The third kappa shape index (κ3) is 4.18. The highest BCUT2D eigenvalue weighted by Crippen LogP contribution is 2.40. The minimum Gasteiger partial charge on any atom is -0.493 e. The number of esters is 1. The lowest BCUT2D eigenvalue weighted by Crippen LogP contribution is -2.22. The van der Waals surface area contributed by atoms with E-state index in [4.69, 9.17) is 44.9 Å². The van der Waals surface area contributed by atoms with Gasteiger partial charge in [-0.25, -0.2) is 4.79 Å². The lowest BCUT2D eigenvalue weighted by Gasteiger charge is -2.10. The molecule has 1 fully saturated rings. The second-order valence-electron chi connectivity index (χ2n) is 6.40. The molecule has 1 aliphatic rings. The van der Waals surface area contributed by atoms with Gasteiger partial charge in [-0.1, -0.05) is 59.3 Å². The molecule has 0 N–H and O–H groups in total. The van der Waals surface area contributed by atoms with Gasteiger partial charge < -0.3 is 9.47 Å². The first-order chi connectivity index (χ1) is 14.8. The topological polar surface area (TPSA) is 55.8 Å². The second-order valence-corrected chi connectivity index (χ2v) is 9.91. The number of rotatable bonds is 4. The Hall–Kier alpha value is -2.10. The van der Waals surface area contributed by atoms with Crippen molar-refractivity contribution < 1.29 is 19.1 Å². The number of likely N-dealkylation sites (N-methyl/N-ethyl adjacent to an activating group) is 1. The maximum absolute atomic E-state index is 12.8. The van der Waals surface area contributed by atoms with E-state index in [0.717, 1.165) is 4.70 Å². The van der Waals surface area contributed by atoms with Crippen LogP contribution in [0.3, 0.4) is 0 Å². The lowest BCUT2D eigenvalue weighted by molar-refractivity contribution is -0.121. The highest BCUT2D eigenvalue weighted by molar-refractivity contribution is 8.26. The third-order valence-electron chi connectivity index (χ3n) is 4.47. The number of amides is 1. The minimum atomic E-state index is -0.611. The van der Waals surface area contributed by atoms with E-state index in [1.165, 1.54) is 35.1 Å². The van der Waals surface area contributed by atoms with Crippen molar-refractivity contribution in [3.8, 4) is 11.5 Å². The van der Waals surface area contributed by atoms with Gasteiger partial charge in [0.2, 0.25) is 0 Å². The first-order valence-electron chi connectivity index (χ1n) is 8.78. The number of methoxy groups -OCH3 is 1. The van der Waals surface area contributed by atoms with E-state index in [-0.39, 0.29) is 21.6 Å². The first kappa shape index (κ1) is 22.1. The Morgan fingerprint density at radius 2 is 1.97 bits per heavy atom. The SMILES string of the molecule is COc1cc(/C=C2\SC(=S)N(C)C2=O)ccc1OC(=O)c1sc2cccc(Cl)c2c1Cl. The van der Waals surface area contributed by atoms with E-state index in [9.17, 15) is 9.59 Å². The van der Waals surface area contributed by atoms with Crippen LogP contribution in [0.1, 0.15) is 15.2 Å². The second kappa shape index (κ2) is 8.80. The summed E-state index contributed by atoms with van der Waals surface area (Å²) in [7, 11) is 3.10. The summed E-state index contributed by atoms with van der Waals surface area (Å²) in [5.41, 5.74) is 0.706. The van der Waals surface area contributed by atoms with Crippen LogP contribution in [-0.2, 0) is 4.79 Å². The quantitative estimate of drug-likeness (QED) is 0.179. The molecule has 0 saturated carbocycles. The zero-order chi connectivity index (χ0) is 22.3. The van der Waals surface area contributed by atoms with Crippen molar-refractivity contribution in [1.82, 2.24) is 4.90 Å². The summed E-state index contributed by atoms with van der Waals surface area (Å²) in [6.45, 7) is 0.